The average Bonchev–Trinajstić information content (AvgIpc) is 3.27. The number of aromatic nitrogens is 1. The molecular formula is C23H28N4O2. The Kier molecular flexibility index (Phi) is 5.26. The van der Waals surface area contributed by atoms with Crippen molar-refractivity contribution in [2.75, 3.05) is 25.5 Å². The van der Waals surface area contributed by atoms with E-state index in [0.29, 0.717) is 19.6 Å². The second-order valence-electron chi connectivity index (χ2n) is 8.29. The fourth-order valence-corrected chi connectivity index (χ4v) is 4.32. The van der Waals surface area contributed by atoms with E-state index in [9.17, 15) is 9.59 Å². The highest BCUT2D eigenvalue weighted by Gasteiger charge is 2.61. The van der Waals surface area contributed by atoms with Gasteiger partial charge in [0.25, 0.3) is 0 Å². The first-order chi connectivity index (χ1) is 14.0. The normalized spacial score (nSPS) is 22.6. The number of benzene rings is 1. The van der Waals surface area contributed by atoms with Gasteiger partial charge in [-0.2, -0.15) is 0 Å². The third-order valence-corrected chi connectivity index (χ3v) is 6.28. The molecule has 6 heteroatoms. The van der Waals surface area contributed by atoms with E-state index in [1.54, 1.807) is 11.1 Å². The van der Waals surface area contributed by atoms with Crippen LogP contribution in [0.1, 0.15) is 31.0 Å². The quantitative estimate of drug-likeness (QED) is 0.846. The van der Waals surface area contributed by atoms with Crippen LogP contribution in [-0.4, -0.2) is 46.9 Å². The van der Waals surface area contributed by atoms with Crippen molar-refractivity contribution in [1.82, 2.24) is 14.8 Å². The van der Waals surface area contributed by atoms with E-state index in [4.69, 9.17) is 0 Å². The molecule has 1 saturated heterocycles. The zero-order valence-corrected chi connectivity index (χ0v) is 17.1. The summed E-state index contributed by atoms with van der Waals surface area (Å²) in [6.07, 6.45) is 4.49. The molecule has 0 bridgehead atoms. The van der Waals surface area contributed by atoms with Crippen molar-refractivity contribution in [2.45, 2.75) is 32.7 Å². The van der Waals surface area contributed by atoms with E-state index in [0.717, 1.165) is 30.6 Å². The fraction of sp³-hybridized carbons (Fsp3) is 0.435. The molecule has 1 spiro atoms. The number of amides is 3. The van der Waals surface area contributed by atoms with E-state index >= 15 is 0 Å². The largest absolute Gasteiger partial charge is 0.340 e. The van der Waals surface area contributed by atoms with Gasteiger partial charge in [-0.1, -0.05) is 25.1 Å². The van der Waals surface area contributed by atoms with Crippen LogP contribution in [0.15, 0.2) is 48.7 Å². The van der Waals surface area contributed by atoms with Gasteiger partial charge in [0.15, 0.2) is 0 Å². The summed E-state index contributed by atoms with van der Waals surface area (Å²) in [6, 6.07) is 13.6. The van der Waals surface area contributed by atoms with Gasteiger partial charge in [-0.15, -0.1) is 0 Å². The number of hydrogen-bond donors (Lipinski definition) is 1. The van der Waals surface area contributed by atoms with Crippen LogP contribution in [-0.2, 0) is 17.8 Å². The predicted octanol–water partition coefficient (Wildman–Crippen LogP) is 3.55. The summed E-state index contributed by atoms with van der Waals surface area (Å²) in [5, 5.41) is 2.98. The topological polar surface area (TPSA) is 65.5 Å². The number of urea groups is 1. The number of rotatable bonds is 5. The summed E-state index contributed by atoms with van der Waals surface area (Å²) < 4.78 is 0. The number of hydrogen-bond acceptors (Lipinski definition) is 3. The van der Waals surface area contributed by atoms with Crippen molar-refractivity contribution in [3.05, 3.63) is 59.9 Å². The van der Waals surface area contributed by atoms with Gasteiger partial charge in [0, 0.05) is 43.4 Å². The first kappa shape index (κ1) is 19.4. The second kappa shape index (κ2) is 7.85. The summed E-state index contributed by atoms with van der Waals surface area (Å²) in [7, 11) is 1.84. The number of carbonyl (C=O) groups is 2. The van der Waals surface area contributed by atoms with Crippen molar-refractivity contribution in [3.63, 3.8) is 0 Å². The maximum Gasteiger partial charge on any atom is 0.321 e. The molecule has 1 aliphatic heterocycles. The van der Waals surface area contributed by atoms with Gasteiger partial charge in [-0.05, 0) is 49.1 Å². The maximum absolute atomic E-state index is 12.9. The summed E-state index contributed by atoms with van der Waals surface area (Å²) >= 11 is 0. The van der Waals surface area contributed by atoms with Crippen LogP contribution < -0.4 is 5.32 Å². The summed E-state index contributed by atoms with van der Waals surface area (Å²) in [4.78, 5) is 33.4. The summed E-state index contributed by atoms with van der Waals surface area (Å²) in [6.45, 7) is 3.98. The Morgan fingerprint density at radius 2 is 2.03 bits per heavy atom. The van der Waals surface area contributed by atoms with E-state index in [1.165, 1.54) is 5.56 Å². The molecule has 0 radical (unpaired) electrons. The Bertz CT molecular complexity index is 884. The summed E-state index contributed by atoms with van der Waals surface area (Å²) in [5.74, 6) is 0.172. The first-order valence-corrected chi connectivity index (χ1v) is 10.3. The Labute approximate surface area is 171 Å². The van der Waals surface area contributed by atoms with Crippen molar-refractivity contribution >= 4 is 17.6 Å². The van der Waals surface area contributed by atoms with Gasteiger partial charge in [0.2, 0.25) is 5.91 Å². The molecule has 1 aliphatic carbocycles. The van der Waals surface area contributed by atoms with Crippen LogP contribution >= 0.6 is 0 Å². The molecule has 1 saturated carbocycles. The van der Waals surface area contributed by atoms with E-state index in [2.05, 4.69) is 17.2 Å². The number of carbonyl (C=O) groups excluding carboxylic acids is 2. The molecule has 2 aliphatic rings. The highest BCUT2D eigenvalue weighted by Crippen LogP contribution is 2.59. The lowest BCUT2D eigenvalue weighted by Gasteiger charge is -2.20. The van der Waals surface area contributed by atoms with Crippen LogP contribution in [0.4, 0.5) is 10.5 Å². The van der Waals surface area contributed by atoms with Crippen LogP contribution in [0, 0.1) is 11.3 Å². The molecular weight excluding hydrogens is 364 g/mol. The molecule has 29 heavy (non-hydrogen) atoms. The number of likely N-dealkylation sites (tertiary alicyclic amines) is 1. The number of anilines is 1. The van der Waals surface area contributed by atoms with Crippen LogP contribution in [0.3, 0.4) is 0 Å². The van der Waals surface area contributed by atoms with Gasteiger partial charge < -0.3 is 15.1 Å². The minimum absolute atomic E-state index is 0.0119. The number of nitrogens with zero attached hydrogens (tertiary/aromatic N) is 3. The first-order valence-electron chi connectivity index (χ1n) is 10.3. The van der Waals surface area contributed by atoms with Gasteiger partial charge in [0.05, 0.1) is 12.2 Å². The summed E-state index contributed by atoms with van der Waals surface area (Å²) in [5.41, 5.74) is 2.90. The molecule has 1 N–H and O–H groups in total. The van der Waals surface area contributed by atoms with Crippen molar-refractivity contribution in [1.29, 1.82) is 0 Å². The third kappa shape index (κ3) is 4.11. The van der Waals surface area contributed by atoms with Crippen LogP contribution in [0.2, 0.25) is 0 Å². The lowest BCUT2D eigenvalue weighted by molar-refractivity contribution is -0.132. The van der Waals surface area contributed by atoms with Gasteiger partial charge in [0.1, 0.15) is 0 Å². The fourth-order valence-electron chi connectivity index (χ4n) is 4.32. The Balaban J connectivity index is 1.31. The average molecular weight is 393 g/mol. The van der Waals surface area contributed by atoms with Gasteiger partial charge >= 0.3 is 6.03 Å². The molecule has 4 rings (SSSR count). The SMILES string of the molecule is CCc1ccc(NC(=O)N2CC[C@@]3(C[C@H]3C(=O)N(C)Cc3ccccn3)C2)cc1. The molecule has 1 aromatic carbocycles. The number of nitrogens with one attached hydrogen (secondary N) is 1. The highest BCUT2D eigenvalue weighted by atomic mass is 16.2. The molecule has 0 unspecified atom stereocenters. The molecule has 2 atom stereocenters. The van der Waals surface area contributed by atoms with E-state index in [-0.39, 0.29) is 23.3 Å². The van der Waals surface area contributed by atoms with Crippen LogP contribution in [0.25, 0.3) is 0 Å². The zero-order chi connectivity index (χ0) is 20.4. The van der Waals surface area contributed by atoms with Gasteiger partial charge in [-0.25, -0.2) is 4.79 Å². The standard InChI is InChI=1S/C23H28N4O2/c1-3-17-7-9-18(10-8-17)25-22(29)27-13-11-23(16-27)14-20(23)21(28)26(2)15-19-6-4-5-12-24-19/h4-10,12,20H,3,11,13-16H2,1-2H3,(H,25,29)/t20-,23+/m0/s1. The molecule has 3 amide bonds. The number of pyridine rings is 1. The van der Waals surface area contributed by atoms with Crippen LogP contribution in [0.5, 0.6) is 0 Å². The highest BCUT2D eigenvalue weighted by molar-refractivity contribution is 5.90. The van der Waals surface area contributed by atoms with Crippen molar-refractivity contribution in [3.8, 4) is 0 Å². The van der Waals surface area contributed by atoms with E-state index in [1.807, 2.05) is 54.4 Å². The predicted molar refractivity (Wildman–Crippen MR) is 112 cm³/mol. The Morgan fingerprint density at radius 1 is 1.24 bits per heavy atom. The molecule has 2 fully saturated rings. The Morgan fingerprint density at radius 3 is 2.72 bits per heavy atom. The Hall–Kier alpha value is -2.89. The molecule has 6 nitrogen and oxygen atoms in total. The van der Waals surface area contributed by atoms with E-state index < -0.39 is 0 Å². The lowest BCUT2D eigenvalue weighted by atomic mass is 10.0. The third-order valence-electron chi connectivity index (χ3n) is 6.28. The zero-order valence-electron chi connectivity index (χ0n) is 17.1. The lowest BCUT2D eigenvalue weighted by Crippen LogP contribution is -2.34. The molecule has 1 aromatic heterocycles. The molecule has 2 aromatic rings. The maximum atomic E-state index is 12.9. The minimum Gasteiger partial charge on any atom is -0.340 e. The molecule has 152 valence electrons. The smallest absolute Gasteiger partial charge is 0.321 e. The molecule has 2 heterocycles. The van der Waals surface area contributed by atoms with Gasteiger partial charge in [-0.3, -0.25) is 9.78 Å². The second-order valence-corrected chi connectivity index (χ2v) is 8.29. The van der Waals surface area contributed by atoms with Crippen molar-refractivity contribution < 1.29 is 9.59 Å². The monoisotopic (exact) mass is 392 g/mol. The minimum atomic E-state index is -0.0777. The number of aryl methyl sites for hydroxylation is 1. The van der Waals surface area contributed by atoms with Crippen molar-refractivity contribution in [2.24, 2.45) is 11.3 Å².